The van der Waals surface area contributed by atoms with Crippen molar-refractivity contribution in [1.29, 1.82) is 5.26 Å². The summed E-state index contributed by atoms with van der Waals surface area (Å²) in [6, 6.07) is 0. The molecule has 1 saturated heterocycles. The van der Waals surface area contributed by atoms with Gasteiger partial charge in [-0.2, -0.15) is 0 Å². The molecule has 0 bridgehead atoms. The van der Waals surface area contributed by atoms with Gasteiger partial charge in [0.25, 0.3) is 0 Å². The van der Waals surface area contributed by atoms with E-state index in [4.69, 9.17) is 5.26 Å². The SMILES string of the molecule is C#N.CCCCCCCCCN1CCC(C)C1. The number of likely N-dealkylation sites (tertiary alicyclic amines) is 1. The van der Waals surface area contributed by atoms with Crippen molar-refractivity contribution in [3.63, 3.8) is 0 Å². The van der Waals surface area contributed by atoms with Gasteiger partial charge >= 0.3 is 0 Å². The maximum Gasteiger partial charge on any atom is 0.0462 e. The lowest BCUT2D eigenvalue weighted by atomic mass is 10.1. The fourth-order valence-electron chi connectivity index (χ4n) is 2.52. The molecule has 1 aliphatic heterocycles. The monoisotopic (exact) mass is 238 g/mol. The molecule has 100 valence electrons. The normalized spacial score (nSPS) is 19.9. The highest BCUT2D eigenvalue weighted by Crippen LogP contribution is 2.16. The third-order valence-corrected chi connectivity index (χ3v) is 3.59. The zero-order chi connectivity index (χ0) is 12.9. The molecule has 1 atom stereocenters. The predicted molar refractivity (Wildman–Crippen MR) is 74.9 cm³/mol. The van der Waals surface area contributed by atoms with Gasteiger partial charge < -0.3 is 4.90 Å². The summed E-state index contributed by atoms with van der Waals surface area (Å²) in [6.45, 7) is 12.2. The summed E-state index contributed by atoms with van der Waals surface area (Å²) in [4.78, 5) is 2.65. The molecular formula is C15H30N2. The summed E-state index contributed by atoms with van der Waals surface area (Å²) >= 11 is 0. The van der Waals surface area contributed by atoms with Crippen molar-refractivity contribution in [1.82, 2.24) is 4.90 Å². The lowest BCUT2D eigenvalue weighted by molar-refractivity contribution is 0.317. The van der Waals surface area contributed by atoms with E-state index in [9.17, 15) is 0 Å². The minimum absolute atomic E-state index is 0.953. The largest absolute Gasteiger partial charge is 0.303 e. The molecule has 0 aliphatic carbocycles. The Morgan fingerprint density at radius 3 is 2.18 bits per heavy atom. The minimum atomic E-state index is 0.953. The number of nitrogens with zero attached hydrogens (tertiary/aromatic N) is 2. The zero-order valence-electron chi connectivity index (χ0n) is 11.8. The van der Waals surface area contributed by atoms with E-state index in [2.05, 4.69) is 25.3 Å². The quantitative estimate of drug-likeness (QED) is 0.592. The Balaban J connectivity index is 0.00000121. The molecule has 1 unspecified atom stereocenters. The van der Waals surface area contributed by atoms with E-state index in [1.807, 2.05) is 0 Å². The van der Waals surface area contributed by atoms with E-state index in [0.717, 1.165) is 5.92 Å². The molecule has 1 rings (SSSR count). The van der Waals surface area contributed by atoms with Crippen molar-refractivity contribution in [2.75, 3.05) is 19.6 Å². The molecule has 0 aromatic heterocycles. The van der Waals surface area contributed by atoms with Gasteiger partial charge in [-0.3, -0.25) is 0 Å². The Bertz CT molecular complexity index is 177. The van der Waals surface area contributed by atoms with Crippen molar-refractivity contribution in [2.24, 2.45) is 5.92 Å². The molecule has 1 heterocycles. The van der Waals surface area contributed by atoms with Crippen LogP contribution in [0.4, 0.5) is 0 Å². The van der Waals surface area contributed by atoms with Gasteiger partial charge in [0.1, 0.15) is 0 Å². The second-order valence-electron chi connectivity index (χ2n) is 5.32. The average molecular weight is 238 g/mol. The molecule has 0 saturated carbocycles. The highest BCUT2D eigenvalue weighted by molar-refractivity contribution is 4.71. The lowest BCUT2D eigenvalue weighted by Gasteiger charge is -2.14. The van der Waals surface area contributed by atoms with Crippen molar-refractivity contribution in [3.05, 3.63) is 0 Å². The van der Waals surface area contributed by atoms with Crippen LogP contribution < -0.4 is 0 Å². The highest BCUT2D eigenvalue weighted by atomic mass is 15.1. The third kappa shape index (κ3) is 9.18. The van der Waals surface area contributed by atoms with Crippen LogP contribution in [0, 0.1) is 17.8 Å². The van der Waals surface area contributed by atoms with Gasteiger partial charge in [-0.15, -0.1) is 0 Å². The van der Waals surface area contributed by atoms with E-state index >= 15 is 0 Å². The molecule has 1 fully saturated rings. The first-order valence-electron chi connectivity index (χ1n) is 7.31. The first-order chi connectivity index (χ1) is 8.33. The Kier molecular flexibility index (Phi) is 11.5. The summed E-state index contributed by atoms with van der Waals surface area (Å²) in [7, 11) is 0. The average Bonchev–Trinajstić information content (AvgIpc) is 2.77. The van der Waals surface area contributed by atoms with Crippen molar-refractivity contribution in [2.45, 2.75) is 65.2 Å². The fourth-order valence-corrected chi connectivity index (χ4v) is 2.52. The fraction of sp³-hybridized carbons (Fsp3) is 0.933. The summed E-state index contributed by atoms with van der Waals surface area (Å²) in [6.07, 6.45) is 11.5. The number of rotatable bonds is 8. The molecule has 0 radical (unpaired) electrons. The van der Waals surface area contributed by atoms with Crippen molar-refractivity contribution >= 4 is 0 Å². The van der Waals surface area contributed by atoms with Crippen LogP contribution >= 0.6 is 0 Å². The van der Waals surface area contributed by atoms with Crippen LogP contribution in [0.25, 0.3) is 0 Å². The standard InChI is InChI=1S/C14H29N.CHN/c1-3-4-5-6-7-8-9-11-15-12-10-14(2)13-15;1-2/h14H,3-13H2,1-2H3;1H. The molecule has 2 heteroatoms. The minimum Gasteiger partial charge on any atom is -0.303 e. The van der Waals surface area contributed by atoms with Crippen molar-refractivity contribution in [3.8, 4) is 6.57 Å². The lowest BCUT2D eigenvalue weighted by Crippen LogP contribution is -2.21. The zero-order valence-corrected chi connectivity index (χ0v) is 11.8. The van der Waals surface area contributed by atoms with Crippen molar-refractivity contribution < 1.29 is 0 Å². The van der Waals surface area contributed by atoms with Crippen LogP contribution in [0.3, 0.4) is 0 Å². The first-order valence-corrected chi connectivity index (χ1v) is 7.31. The van der Waals surface area contributed by atoms with Crippen LogP contribution in [0.2, 0.25) is 0 Å². The maximum atomic E-state index is 6.50. The van der Waals surface area contributed by atoms with E-state index in [0.29, 0.717) is 0 Å². The Morgan fingerprint density at radius 2 is 1.65 bits per heavy atom. The molecule has 0 aromatic carbocycles. The highest BCUT2D eigenvalue weighted by Gasteiger charge is 2.17. The maximum absolute atomic E-state index is 6.50. The van der Waals surface area contributed by atoms with Gasteiger partial charge in [-0.25, -0.2) is 5.26 Å². The van der Waals surface area contributed by atoms with Crippen LogP contribution in [0.1, 0.15) is 65.2 Å². The smallest absolute Gasteiger partial charge is 0.0462 e. The summed E-state index contributed by atoms with van der Waals surface area (Å²) in [5.41, 5.74) is 0. The number of hydrogen-bond donors (Lipinski definition) is 0. The molecule has 17 heavy (non-hydrogen) atoms. The van der Waals surface area contributed by atoms with Gasteiger partial charge in [-0.1, -0.05) is 52.4 Å². The molecule has 0 aromatic rings. The van der Waals surface area contributed by atoms with Gasteiger partial charge in [0.05, 0.1) is 0 Å². The molecular weight excluding hydrogens is 208 g/mol. The van der Waals surface area contributed by atoms with E-state index in [1.54, 1.807) is 0 Å². The Labute approximate surface area is 108 Å². The number of hydrogen-bond acceptors (Lipinski definition) is 2. The van der Waals surface area contributed by atoms with Crippen LogP contribution in [0.5, 0.6) is 0 Å². The molecule has 2 nitrogen and oxygen atoms in total. The van der Waals surface area contributed by atoms with Gasteiger partial charge in [-0.05, 0) is 31.8 Å². The van der Waals surface area contributed by atoms with E-state index in [1.165, 1.54) is 71.0 Å². The molecule has 0 spiro atoms. The first kappa shape index (κ1) is 16.4. The Hall–Kier alpha value is -0.550. The second kappa shape index (κ2) is 11.9. The number of nitriles is 1. The van der Waals surface area contributed by atoms with Crippen LogP contribution in [-0.4, -0.2) is 24.5 Å². The van der Waals surface area contributed by atoms with Crippen LogP contribution in [-0.2, 0) is 0 Å². The van der Waals surface area contributed by atoms with Crippen LogP contribution in [0.15, 0.2) is 0 Å². The van der Waals surface area contributed by atoms with E-state index < -0.39 is 0 Å². The molecule has 0 N–H and O–H groups in total. The number of unbranched alkanes of at least 4 members (excludes halogenated alkanes) is 6. The topological polar surface area (TPSA) is 27.0 Å². The Morgan fingerprint density at radius 1 is 1.06 bits per heavy atom. The second-order valence-corrected chi connectivity index (χ2v) is 5.32. The summed E-state index contributed by atoms with van der Waals surface area (Å²) < 4.78 is 0. The third-order valence-electron chi connectivity index (χ3n) is 3.59. The summed E-state index contributed by atoms with van der Waals surface area (Å²) in [5.74, 6) is 0.953. The summed E-state index contributed by atoms with van der Waals surface area (Å²) in [5, 5.41) is 6.50. The van der Waals surface area contributed by atoms with Gasteiger partial charge in [0, 0.05) is 13.1 Å². The predicted octanol–water partition coefficient (Wildman–Crippen LogP) is 4.22. The molecule has 0 amide bonds. The van der Waals surface area contributed by atoms with Gasteiger partial charge in [0.15, 0.2) is 0 Å². The van der Waals surface area contributed by atoms with E-state index in [-0.39, 0.29) is 0 Å². The van der Waals surface area contributed by atoms with Gasteiger partial charge in [0.2, 0.25) is 0 Å². The molecule has 1 aliphatic rings.